The third kappa shape index (κ3) is 3.88. The summed E-state index contributed by atoms with van der Waals surface area (Å²) in [4.78, 5) is 14.0. The van der Waals surface area contributed by atoms with E-state index in [1.54, 1.807) is 12.0 Å². The number of amides is 1. The van der Waals surface area contributed by atoms with Crippen LogP contribution < -0.4 is 10.5 Å². The summed E-state index contributed by atoms with van der Waals surface area (Å²) in [7, 11) is 1.63. The van der Waals surface area contributed by atoms with Crippen LogP contribution >= 0.6 is 0 Å². The molecule has 0 fully saturated rings. The highest BCUT2D eigenvalue weighted by Crippen LogP contribution is 2.29. The smallest absolute Gasteiger partial charge is 0.410 e. The fourth-order valence-corrected chi connectivity index (χ4v) is 2.43. The third-order valence-corrected chi connectivity index (χ3v) is 3.47. The number of carbonyl (C=O) groups excluding carboxylic acids is 1. The van der Waals surface area contributed by atoms with E-state index in [1.807, 2.05) is 39.0 Å². The lowest BCUT2D eigenvalue weighted by atomic mass is 10.00. The topological polar surface area (TPSA) is 64.8 Å². The van der Waals surface area contributed by atoms with Crippen molar-refractivity contribution in [1.29, 1.82) is 0 Å². The Morgan fingerprint density at radius 1 is 1.38 bits per heavy atom. The van der Waals surface area contributed by atoms with E-state index in [0.29, 0.717) is 13.1 Å². The van der Waals surface area contributed by atoms with Crippen LogP contribution in [0.15, 0.2) is 18.2 Å². The Balaban J connectivity index is 2.23. The number of methoxy groups -OCH3 is 1. The van der Waals surface area contributed by atoms with E-state index in [4.69, 9.17) is 15.2 Å². The van der Waals surface area contributed by atoms with Gasteiger partial charge in [-0.3, -0.25) is 0 Å². The molecule has 1 aliphatic heterocycles. The molecular formula is C16H24N2O3. The lowest BCUT2D eigenvalue weighted by molar-refractivity contribution is 0.0235. The first-order valence-electron chi connectivity index (χ1n) is 7.20. The molecular weight excluding hydrogens is 268 g/mol. The second-order valence-electron chi connectivity index (χ2n) is 6.36. The maximum absolute atomic E-state index is 12.3. The van der Waals surface area contributed by atoms with Gasteiger partial charge in [-0.25, -0.2) is 4.79 Å². The summed E-state index contributed by atoms with van der Waals surface area (Å²) in [6, 6.07) is 5.76. The zero-order chi connectivity index (χ0) is 15.6. The molecule has 2 N–H and O–H groups in total. The van der Waals surface area contributed by atoms with Crippen LogP contribution in [-0.4, -0.2) is 30.2 Å². The number of benzene rings is 1. The minimum absolute atomic E-state index is 0.0710. The Bertz CT molecular complexity index is 523. The maximum atomic E-state index is 12.3. The molecule has 0 spiro atoms. The molecule has 0 saturated heterocycles. The van der Waals surface area contributed by atoms with Crippen LogP contribution in [0.4, 0.5) is 4.79 Å². The van der Waals surface area contributed by atoms with E-state index in [-0.39, 0.29) is 12.1 Å². The third-order valence-electron chi connectivity index (χ3n) is 3.47. The van der Waals surface area contributed by atoms with Crippen molar-refractivity contribution < 1.29 is 14.3 Å². The highest BCUT2D eigenvalue weighted by Gasteiger charge is 2.27. The molecule has 0 aromatic heterocycles. The van der Waals surface area contributed by atoms with Gasteiger partial charge in [0.1, 0.15) is 11.4 Å². The summed E-state index contributed by atoms with van der Waals surface area (Å²) >= 11 is 0. The summed E-state index contributed by atoms with van der Waals surface area (Å²) in [5.41, 5.74) is 7.80. The minimum Gasteiger partial charge on any atom is -0.497 e. The average Bonchev–Trinajstić information content (AvgIpc) is 2.56. The van der Waals surface area contributed by atoms with Gasteiger partial charge in [0, 0.05) is 19.1 Å². The van der Waals surface area contributed by atoms with Crippen LogP contribution in [-0.2, 0) is 11.3 Å². The number of fused-ring (bicyclic) bond motifs is 1. The van der Waals surface area contributed by atoms with Gasteiger partial charge in [-0.1, -0.05) is 6.07 Å². The Labute approximate surface area is 126 Å². The van der Waals surface area contributed by atoms with Crippen molar-refractivity contribution in [2.75, 3.05) is 13.7 Å². The van der Waals surface area contributed by atoms with Crippen LogP contribution in [0.3, 0.4) is 0 Å². The van der Waals surface area contributed by atoms with Crippen molar-refractivity contribution in [2.24, 2.45) is 5.73 Å². The maximum Gasteiger partial charge on any atom is 0.410 e. The van der Waals surface area contributed by atoms with Crippen LogP contribution in [0.1, 0.15) is 44.4 Å². The molecule has 5 heteroatoms. The van der Waals surface area contributed by atoms with Gasteiger partial charge >= 0.3 is 6.09 Å². The van der Waals surface area contributed by atoms with Crippen LogP contribution in [0.5, 0.6) is 5.75 Å². The van der Waals surface area contributed by atoms with Gasteiger partial charge in [0.05, 0.1) is 7.11 Å². The lowest BCUT2D eigenvalue weighted by Crippen LogP contribution is -2.36. The zero-order valence-electron chi connectivity index (χ0n) is 13.2. The van der Waals surface area contributed by atoms with Gasteiger partial charge in [0.2, 0.25) is 0 Å². The second-order valence-corrected chi connectivity index (χ2v) is 6.36. The number of carbonyl (C=O) groups is 1. The van der Waals surface area contributed by atoms with Gasteiger partial charge < -0.3 is 20.1 Å². The number of ether oxygens (including phenoxy) is 2. The summed E-state index contributed by atoms with van der Waals surface area (Å²) in [6.45, 7) is 6.69. The molecule has 0 unspecified atom stereocenters. The van der Waals surface area contributed by atoms with Gasteiger partial charge in [-0.15, -0.1) is 0 Å². The fourth-order valence-electron chi connectivity index (χ4n) is 2.43. The van der Waals surface area contributed by atoms with E-state index in [9.17, 15) is 4.79 Å². The standard InChI is InChI=1S/C16H24N2O3/c1-16(2,3)21-15(19)18-8-7-14(17)13-6-5-12(20-4)9-11(13)10-18/h5-6,9,14H,7-8,10,17H2,1-4H3/t14-/m0/s1. The zero-order valence-corrected chi connectivity index (χ0v) is 13.2. The normalized spacial score (nSPS) is 18.7. The predicted molar refractivity (Wildman–Crippen MR) is 81.2 cm³/mol. The average molecular weight is 292 g/mol. The molecule has 1 atom stereocenters. The molecule has 1 heterocycles. The monoisotopic (exact) mass is 292 g/mol. The Kier molecular flexibility index (Phi) is 4.42. The number of rotatable bonds is 1. The number of hydrogen-bond donors (Lipinski definition) is 1. The van der Waals surface area contributed by atoms with Crippen LogP contribution in [0.25, 0.3) is 0 Å². The van der Waals surface area contributed by atoms with Crippen molar-refractivity contribution in [3.8, 4) is 5.75 Å². The summed E-state index contributed by atoms with van der Waals surface area (Å²) < 4.78 is 10.7. The highest BCUT2D eigenvalue weighted by molar-refractivity contribution is 5.68. The largest absolute Gasteiger partial charge is 0.497 e. The van der Waals surface area contributed by atoms with E-state index in [2.05, 4.69) is 0 Å². The van der Waals surface area contributed by atoms with Crippen LogP contribution in [0, 0.1) is 0 Å². The number of nitrogens with zero attached hydrogens (tertiary/aromatic N) is 1. The minimum atomic E-state index is -0.497. The lowest BCUT2D eigenvalue weighted by Gasteiger charge is -2.26. The highest BCUT2D eigenvalue weighted by atomic mass is 16.6. The second kappa shape index (κ2) is 5.93. The van der Waals surface area contributed by atoms with Gasteiger partial charge in [0.25, 0.3) is 0 Å². The molecule has 1 aromatic carbocycles. The van der Waals surface area contributed by atoms with E-state index < -0.39 is 5.60 Å². The van der Waals surface area contributed by atoms with E-state index >= 15 is 0 Å². The molecule has 116 valence electrons. The summed E-state index contributed by atoms with van der Waals surface area (Å²) in [5.74, 6) is 0.770. The molecule has 1 aliphatic rings. The van der Waals surface area contributed by atoms with Crippen molar-refractivity contribution in [2.45, 2.75) is 45.4 Å². The number of nitrogens with two attached hydrogens (primary N) is 1. The molecule has 0 radical (unpaired) electrons. The molecule has 2 rings (SSSR count). The van der Waals surface area contributed by atoms with Crippen molar-refractivity contribution in [1.82, 2.24) is 4.90 Å². The Hall–Kier alpha value is -1.75. The number of hydrogen-bond acceptors (Lipinski definition) is 4. The van der Waals surface area contributed by atoms with Gasteiger partial charge in [-0.05, 0) is 50.5 Å². The summed E-state index contributed by atoms with van der Waals surface area (Å²) in [6.07, 6.45) is 0.420. The predicted octanol–water partition coefficient (Wildman–Crippen LogP) is 2.84. The molecule has 1 amide bonds. The van der Waals surface area contributed by atoms with Crippen LogP contribution in [0.2, 0.25) is 0 Å². The molecule has 1 aromatic rings. The fraction of sp³-hybridized carbons (Fsp3) is 0.562. The van der Waals surface area contributed by atoms with Crippen molar-refractivity contribution in [3.63, 3.8) is 0 Å². The summed E-state index contributed by atoms with van der Waals surface area (Å²) in [5, 5.41) is 0. The first-order valence-corrected chi connectivity index (χ1v) is 7.20. The van der Waals surface area contributed by atoms with Gasteiger partial charge in [0.15, 0.2) is 0 Å². The first-order chi connectivity index (χ1) is 9.80. The Morgan fingerprint density at radius 3 is 2.71 bits per heavy atom. The molecule has 0 aliphatic carbocycles. The van der Waals surface area contributed by atoms with E-state index in [1.165, 1.54) is 0 Å². The van der Waals surface area contributed by atoms with Crippen molar-refractivity contribution >= 4 is 6.09 Å². The molecule has 0 bridgehead atoms. The van der Waals surface area contributed by atoms with E-state index in [0.717, 1.165) is 23.3 Å². The first kappa shape index (κ1) is 15.6. The SMILES string of the molecule is COc1ccc2c(c1)CN(C(=O)OC(C)(C)C)CC[C@@H]2N. The van der Waals surface area contributed by atoms with Crippen molar-refractivity contribution in [3.05, 3.63) is 29.3 Å². The quantitative estimate of drug-likeness (QED) is 0.864. The molecule has 0 saturated carbocycles. The molecule has 5 nitrogen and oxygen atoms in total. The molecule has 21 heavy (non-hydrogen) atoms. The van der Waals surface area contributed by atoms with Gasteiger partial charge in [-0.2, -0.15) is 0 Å². The Morgan fingerprint density at radius 2 is 2.10 bits per heavy atom.